The van der Waals surface area contributed by atoms with Gasteiger partial charge in [-0.2, -0.15) is 9.61 Å². The molecule has 3 aromatic heterocycles. The minimum atomic E-state index is -0.292. The topological polar surface area (TPSA) is 88.8 Å². The Morgan fingerprint density at radius 2 is 1.75 bits per heavy atom. The number of aryl methyl sites for hydroxylation is 1. The van der Waals surface area contributed by atoms with E-state index in [-0.39, 0.29) is 11.3 Å². The van der Waals surface area contributed by atoms with E-state index >= 15 is 0 Å². The van der Waals surface area contributed by atoms with E-state index in [4.69, 9.17) is 0 Å². The molecule has 2 aromatic carbocycles. The van der Waals surface area contributed by atoms with E-state index in [1.54, 1.807) is 0 Å². The van der Waals surface area contributed by atoms with Crippen LogP contribution < -0.4 is 5.56 Å². The summed E-state index contributed by atoms with van der Waals surface area (Å²) in [6.45, 7) is 1.99. The maximum Gasteiger partial charge on any atom is 0.302 e. The lowest BCUT2D eigenvalue weighted by molar-refractivity contribution is 0.860. The number of aromatic amines is 1. The molecule has 0 aliphatic rings. The number of fused-ring (bicyclic) bond motifs is 1. The van der Waals surface area contributed by atoms with Crippen molar-refractivity contribution in [3.63, 3.8) is 0 Å². The highest BCUT2D eigenvalue weighted by Gasteiger charge is 2.16. The van der Waals surface area contributed by atoms with Crippen molar-refractivity contribution in [2.75, 3.05) is 0 Å². The van der Waals surface area contributed by atoms with Gasteiger partial charge in [-0.05, 0) is 13.0 Å². The summed E-state index contributed by atoms with van der Waals surface area (Å²) in [5, 5.41) is 20.7. The lowest BCUT2D eigenvalue weighted by atomic mass is 10.1. The Balaban J connectivity index is 1.57. The molecule has 5 aromatic rings. The number of hydrogen-bond donors (Lipinski definition) is 1. The number of rotatable bonds is 3. The van der Waals surface area contributed by atoms with Crippen LogP contribution in [0.1, 0.15) is 5.56 Å². The van der Waals surface area contributed by atoms with Gasteiger partial charge >= 0.3 is 5.56 Å². The van der Waals surface area contributed by atoms with Crippen LogP contribution >= 0.6 is 11.3 Å². The number of aromatic nitrogens is 6. The number of H-pyrrole nitrogens is 1. The number of benzene rings is 2. The molecule has 0 unspecified atom stereocenters. The summed E-state index contributed by atoms with van der Waals surface area (Å²) in [6, 6.07) is 19.4. The summed E-state index contributed by atoms with van der Waals surface area (Å²) in [5.41, 5.74) is 4.37. The summed E-state index contributed by atoms with van der Waals surface area (Å²) < 4.78 is 1.30. The summed E-state index contributed by atoms with van der Waals surface area (Å²) in [7, 11) is 0. The lowest BCUT2D eigenvalue weighted by Gasteiger charge is -1.99. The average molecular weight is 386 g/mol. The first-order chi connectivity index (χ1) is 13.7. The van der Waals surface area contributed by atoms with Crippen LogP contribution in [0.25, 0.3) is 38.2 Å². The molecule has 0 aliphatic heterocycles. The van der Waals surface area contributed by atoms with E-state index in [2.05, 4.69) is 25.5 Å². The number of nitrogens with zero attached hydrogens (tertiary/aromatic N) is 5. The van der Waals surface area contributed by atoms with Gasteiger partial charge in [0.15, 0.2) is 10.7 Å². The molecule has 0 amide bonds. The van der Waals surface area contributed by atoms with Crippen LogP contribution in [0, 0.1) is 6.92 Å². The fourth-order valence-corrected chi connectivity index (χ4v) is 3.71. The van der Waals surface area contributed by atoms with Crippen molar-refractivity contribution >= 4 is 16.3 Å². The zero-order valence-electron chi connectivity index (χ0n) is 14.8. The minimum absolute atomic E-state index is 0.281. The van der Waals surface area contributed by atoms with E-state index in [9.17, 15) is 4.79 Å². The molecule has 8 heteroatoms. The molecular formula is C20H14N6OS. The molecule has 7 nitrogen and oxygen atoms in total. The molecular weight excluding hydrogens is 372 g/mol. The lowest BCUT2D eigenvalue weighted by Crippen LogP contribution is -2.19. The second-order valence-corrected chi connectivity index (χ2v) is 7.31. The van der Waals surface area contributed by atoms with Gasteiger partial charge in [-0.1, -0.05) is 71.5 Å². The first-order valence-corrected chi connectivity index (χ1v) is 9.45. The molecule has 0 bridgehead atoms. The Hall–Kier alpha value is -3.65. The molecule has 0 fully saturated rings. The highest BCUT2D eigenvalue weighted by atomic mass is 32.1. The largest absolute Gasteiger partial charge is 0.302 e. The Labute approximate surface area is 163 Å². The van der Waals surface area contributed by atoms with Gasteiger partial charge in [0.25, 0.3) is 0 Å². The first-order valence-electron chi connectivity index (χ1n) is 8.64. The van der Waals surface area contributed by atoms with Gasteiger partial charge in [0, 0.05) is 11.1 Å². The summed E-state index contributed by atoms with van der Waals surface area (Å²) in [6.07, 6.45) is 0. The zero-order valence-corrected chi connectivity index (χ0v) is 15.6. The fourth-order valence-electron chi connectivity index (χ4n) is 2.90. The molecule has 3 heterocycles. The Morgan fingerprint density at radius 1 is 0.964 bits per heavy atom. The highest BCUT2D eigenvalue weighted by molar-refractivity contribution is 7.19. The van der Waals surface area contributed by atoms with Crippen LogP contribution in [0.15, 0.2) is 65.5 Å². The normalized spacial score (nSPS) is 11.2. The molecule has 0 atom stereocenters. The molecule has 0 spiro atoms. The van der Waals surface area contributed by atoms with Crippen molar-refractivity contribution in [2.24, 2.45) is 0 Å². The van der Waals surface area contributed by atoms with E-state index in [1.165, 1.54) is 15.9 Å². The standard InChI is InChI=1S/C20H14N6OS/c1-12-7-9-14(10-8-12)17-19(27)26-20(24-23-17)28-18(25-26)16-11-15(21-22-16)13-5-3-2-4-6-13/h2-11H,1H3,(H,21,22). The van der Waals surface area contributed by atoms with Crippen LogP contribution in [0.4, 0.5) is 0 Å². The SMILES string of the molecule is Cc1ccc(-c2nnc3sc(-c4cc(-c5ccccc5)n[nH]4)nn3c2=O)cc1. The third-order valence-electron chi connectivity index (χ3n) is 4.39. The quantitative estimate of drug-likeness (QED) is 0.512. The van der Waals surface area contributed by atoms with Crippen molar-refractivity contribution in [1.82, 2.24) is 30.0 Å². The van der Waals surface area contributed by atoms with Crippen molar-refractivity contribution in [2.45, 2.75) is 6.92 Å². The molecule has 5 rings (SSSR count). The molecule has 28 heavy (non-hydrogen) atoms. The van der Waals surface area contributed by atoms with Crippen molar-refractivity contribution in [3.8, 4) is 33.2 Å². The minimum Gasteiger partial charge on any atom is -0.275 e. The van der Waals surface area contributed by atoms with Crippen LogP contribution in [-0.4, -0.2) is 30.0 Å². The second-order valence-electron chi connectivity index (χ2n) is 6.35. The third-order valence-corrected chi connectivity index (χ3v) is 5.33. The Bertz CT molecular complexity index is 1330. The van der Waals surface area contributed by atoms with Crippen LogP contribution in [0.5, 0.6) is 0 Å². The van der Waals surface area contributed by atoms with Gasteiger partial charge in [-0.15, -0.1) is 15.3 Å². The summed E-state index contributed by atoms with van der Waals surface area (Å²) >= 11 is 1.29. The van der Waals surface area contributed by atoms with Gasteiger partial charge in [-0.25, -0.2) is 0 Å². The molecule has 0 aliphatic carbocycles. The smallest absolute Gasteiger partial charge is 0.275 e. The van der Waals surface area contributed by atoms with E-state index in [0.29, 0.717) is 9.97 Å². The highest BCUT2D eigenvalue weighted by Crippen LogP contribution is 2.26. The number of hydrogen-bond acceptors (Lipinski definition) is 6. The maximum atomic E-state index is 12.9. The first kappa shape index (κ1) is 16.5. The average Bonchev–Trinajstić information content (AvgIpc) is 3.37. The van der Waals surface area contributed by atoms with Crippen LogP contribution in [-0.2, 0) is 0 Å². The summed E-state index contributed by atoms with van der Waals surface area (Å²) in [4.78, 5) is 13.3. The van der Waals surface area contributed by atoms with Gasteiger partial charge in [0.2, 0.25) is 4.96 Å². The predicted molar refractivity (Wildman–Crippen MR) is 108 cm³/mol. The van der Waals surface area contributed by atoms with Gasteiger partial charge < -0.3 is 0 Å². The Kier molecular flexibility index (Phi) is 3.84. The van der Waals surface area contributed by atoms with Gasteiger partial charge in [0.1, 0.15) is 0 Å². The molecule has 0 radical (unpaired) electrons. The van der Waals surface area contributed by atoms with E-state index < -0.39 is 0 Å². The zero-order chi connectivity index (χ0) is 19.1. The fraction of sp³-hybridized carbons (Fsp3) is 0.0500. The van der Waals surface area contributed by atoms with E-state index in [0.717, 1.165) is 28.1 Å². The molecule has 0 saturated heterocycles. The Morgan fingerprint density at radius 3 is 2.54 bits per heavy atom. The second kappa shape index (κ2) is 6.50. The van der Waals surface area contributed by atoms with Gasteiger partial charge in [-0.3, -0.25) is 9.89 Å². The van der Waals surface area contributed by atoms with Crippen LogP contribution in [0.2, 0.25) is 0 Å². The third kappa shape index (κ3) is 2.80. The van der Waals surface area contributed by atoms with Crippen molar-refractivity contribution in [3.05, 3.63) is 76.6 Å². The van der Waals surface area contributed by atoms with E-state index in [1.807, 2.05) is 67.6 Å². The molecule has 0 saturated carbocycles. The molecule has 1 N–H and O–H groups in total. The van der Waals surface area contributed by atoms with Crippen LogP contribution in [0.3, 0.4) is 0 Å². The monoisotopic (exact) mass is 386 g/mol. The number of nitrogens with one attached hydrogen (secondary N) is 1. The predicted octanol–water partition coefficient (Wildman–Crippen LogP) is 3.58. The van der Waals surface area contributed by atoms with Crippen molar-refractivity contribution < 1.29 is 0 Å². The van der Waals surface area contributed by atoms with Gasteiger partial charge in [0.05, 0.1) is 11.4 Å². The van der Waals surface area contributed by atoms with Crippen molar-refractivity contribution in [1.29, 1.82) is 0 Å². The molecule has 136 valence electrons. The maximum absolute atomic E-state index is 12.9. The summed E-state index contributed by atoms with van der Waals surface area (Å²) in [5.74, 6) is 0.